The van der Waals surface area contributed by atoms with Crippen molar-refractivity contribution < 1.29 is 18.3 Å². The Morgan fingerprint density at radius 2 is 1.82 bits per heavy atom. The SMILES string of the molecule is CN(C)CCCNS(=O)(=O)N(C)CCC(=O)O. The molecule has 0 saturated heterocycles. The zero-order chi connectivity index (χ0) is 13.5. The summed E-state index contributed by atoms with van der Waals surface area (Å²) < 4.78 is 26.6. The van der Waals surface area contributed by atoms with Crippen LogP contribution in [0.15, 0.2) is 0 Å². The molecular formula is C9H21N3O4S. The molecule has 0 aromatic heterocycles. The molecule has 0 heterocycles. The summed E-state index contributed by atoms with van der Waals surface area (Å²) in [6.07, 6.45) is 0.508. The van der Waals surface area contributed by atoms with Crippen LogP contribution in [0.4, 0.5) is 0 Å². The van der Waals surface area contributed by atoms with E-state index < -0.39 is 16.2 Å². The van der Waals surface area contributed by atoms with Gasteiger partial charge in [-0.25, -0.2) is 4.72 Å². The van der Waals surface area contributed by atoms with Crippen molar-refractivity contribution in [3.05, 3.63) is 0 Å². The van der Waals surface area contributed by atoms with Gasteiger partial charge in [0.25, 0.3) is 10.2 Å². The Kier molecular flexibility index (Phi) is 7.28. The molecular weight excluding hydrogens is 246 g/mol. The first-order valence-corrected chi connectivity index (χ1v) is 6.77. The van der Waals surface area contributed by atoms with Gasteiger partial charge in [-0.15, -0.1) is 0 Å². The molecule has 0 rings (SSSR count). The van der Waals surface area contributed by atoms with Crippen LogP contribution in [0.25, 0.3) is 0 Å². The molecule has 102 valence electrons. The quantitative estimate of drug-likeness (QED) is 0.533. The number of aliphatic carboxylic acids is 1. The van der Waals surface area contributed by atoms with E-state index in [9.17, 15) is 13.2 Å². The van der Waals surface area contributed by atoms with Crippen LogP contribution in [-0.4, -0.2) is 69.5 Å². The Labute approximate surface area is 103 Å². The molecule has 0 unspecified atom stereocenters. The molecule has 0 spiro atoms. The highest BCUT2D eigenvalue weighted by atomic mass is 32.2. The van der Waals surface area contributed by atoms with E-state index in [-0.39, 0.29) is 13.0 Å². The summed E-state index contributed by atoms with van der Waals surface area (Å²) in [5, 5.41) is 8.46. The molecule has 17 heavy (non-hydrogen) atoms. The highest BCUT2D eigenvalue weighted by molar-refractivity contribution is 7.87. The molecule has 0 fully saturated rings. The largest absolute Gasteiger partial charge is 0.481 e. The van der Waals surface area contributed by atoms with Gasteiger partial charge in [-0.3, -0.25) is 4.79 Å². The number of nitrogens with one attached hydrogen (secondary N) is 1. The van der Waals surface area contributed by atoms with Gasteiger partial charge in [0.15, 0.2) is 0 Å². The number of carbonyl (C=O) groups is 1. The lowest BCUT2D eigenvalue weighted by atomic mass is 10.4. The summed E-state index contributed by atoms with van der Waals surface area (Å²) >= 11 is 0. The maximum absolute atomic E-state index is 11.6. The first kappa shape index (κ1) is 16.3. The van der Waals surface area contributed by atoms with Gasteiger partial charge in [0.1, 0.15) is 0 Å². The fourth-order valence-corrected chi connectivity index (χ4v) is 2.03. The third kappa shape index (κ3) is 8.08. The summed E-state index contributed by atoms with van der Waals surface area (Å²) in [6, 6.07) is 0. The average Bonchev–Trinajstić information content (AvgIpc) is 2.20. The Morgan fingerprint density at radius 3 is 2.29 bits per heavy atom. The summed E-state index contributed by atoms with van der Waals surface area (Å²) in [4.78, 5) is 12.3. The molecule has 0 bridgehead atoms. The van der Waals surface area contributed by atoms with Gasteiger partial charge in [-0.05, 0) is 27.1 Å². The minimum atomic E-state index is -3.55. The van der Waals surface area contributed by atoms with Crippen LogP contribution in [0.3, 0.4) is 0 Å². The molecule has 0 aromatic rings. The normalized spacial score (nSPS) is 12.3. The smallest absolute Gasteiger partial charge is 0.304 e. The fraction of sp³-hybridized carbons (Fsp3) is 0.889. The first-order chi connectivity index (χ1) is 7.75. The maximum atomic E-state index is 11.6. The van der Waals surface area contributed by atoms with Crippen molar-refractivity contribution in [3.63, 3.8) is 0 Å². The summed E-state index contributed by atoms with van der Waals surface area (Å²) in [7, 11) is 1.63. The Balaban J connectivity index is 3.97. The van der Waals surface area contributed by atoms with E-state index in [1.807, 2.05) is 19.0 Å². The Bertz CT molecular complexity index is 329. The second-order valence-corrected chi connectivity index (χ2v) is 5.88. The van der Waals surface area contributed by atoms with Gasteiger partial charge in [-0.1, -0.05) is 0 Å². The number of rotatable bonds is 9. The van der Waals surface area contributed by atoms with Crippen molar-refractivity contribution in [2.24, 2.45) is 0 Å². The molecule has 0 atom stereocenters. The van der Waals surface area contributed by atoms with Crippen LogP contribution in [0.1, 0.15) is 12.8 Å². The Morgan fingerprint density at radius 1 is 1.24 bits per heavy atom. The Hall–Kier alpha value is -0.700. The number of nitrogens with zero attached hydrogens (tertiary/aromatic N) is 2. The van der Waals surface area contributed by atoms with Crippen LogP contribution in [0.5, 0.6) is 0 Å². The van der Waals surface area contributed by atoms with Gasteiger partial charge >= 0.3 is 5.97 Å². The number of carboxylic acids is 1. The van der Waals surface area contributed by atoms with Crippen molar-refractivity contribution in [1.29, 1.82) is 0 Å². The average molecular weight is 267 g/mol. The van der Waals surface area contributed by atoms with E-state index in [1.165, 1.54) is 7.05 Å². The molecule has 0 aliphatic carbocycles. The van der Waals surface area contributed by atoms with E-state index in [1.54, 1.807) is 0 Å². The minimum absolute atomic E-state index is 0.0294. The fourth-order valence-electron chi connectivity index (χ4n) is 1.08. The van der Waals surface area contributed by atoms with E-state index in [4.69, 9.17) is 5.11 Å². The topological polar surface area (TPSA) is 90.0 Å². The number of hydrogen-bond donors (Lipinski definition) is 2. The summed E-state index contributed by atoms with van der Waals surface area (Å²) in [6.45, 7) is 1.11. The molecule has 0 radical (unpaired) electrons. The van der Waals surface area contributed by atoms with Gasteiger partial charge < -0.3 is 10.0 Å². The van der Waals surface area contributed by atoms with E-state index in [2.05, 4.69) is 4.72 Å². The summed E-state index contributed by atoms with van der Waals surface area (Å²) in [5.41, 5.74) is 0. The first-order valence-electron chi connectivity index (χ1n) is 5.33. The minimum Gasteiger partial charge on any atom is -0.481 e. The maximum Gasteiger partial charge on any atom is 0.304 e. The molecule has 0 aliphatic rings. The second kappa shape index (κ2) is 7.59. The predicted octanol–water partition coefficient (Wildman–Crippen LogP) is -0.821. The predicted molar refractivity (Wildman–Crippen MR) is 65.0 cm³/mol. The van der Waals surface area contributed by atoms with Crippen LogP contribution >= 0.6 is 0 Å². The second-order valence-electron chi connectivity index (χ2n) is 4.02. The zero-order valence-electron chi connectivity index (χ0n) is 10.5. The van der Waals surface area contributed by atoms with Gasteiger partial charge in [-0.2, -0.15) is 12.7 Å². The lowest BCUT2D eigenvalue weighted by Crippen LogP contribution is -2.40. The van der Waals surface area contributed by atoms with Crippen LogP contribution in [0, 0.1) is 0 Å². The highest BCUT2D eigenvalue weighted by Gasteiger charge is 2.17. The van der Waals surface area contributed by atoms with Crippen molar-refractivity contribution in [2.75, 3.05) is 40.8 Å². The molecule has 0 aliphatic heterocycles. The van der Waals surface area contributed by atoms with E-state index >= 15 is 0 Å². The van der Waals surface area contributed by atoms with Gasteiger partial charge in [0.2, 0.25) is 0 Å². The lowest BCUT2D eigenvalue weighted by molar-refractivity contribution is -0.137. The molecule has 7 nitrogen and oxygen atoms in total. The van der Waals surface area contributed by atoms with Crippen LogP contribution in [-0.2, 0) is 15.0 Å². The van der Waals surface area contributed by atoms with E-state index in [0.29, 0.717) is 13.0 Å². The van der Waals surface area contributed by atoms with Gasteiger partial charge in [0.05, 0.1) is 6.42 Å². The van der Waals surface area contributed by atoms with E-state index in [0.717, 1.165) is 10.8 Å². The lowest BCUT2D eigenvalue weighted by Gasteiger charge is -2.17. The number of hydrogen-bond acceptors (Lipinski definition) is 4. The highest BCUT2D eigenvalue weighted by Crippen LogP contribution is 1.96. The van der Waals surface area contributed by atoms with Crippen molar-refractivity contribution in [2.45, 2.75) is 12.8 Å². The zero-order valence-corrected chi connectivity index (χ0v) is 11.3. The van der Waals surface area contributed by atoms with Crippen molar-refractivity contribution >= 4 is 16.2 Å². The van der Waals surface area contributed by atoms with Crippen LogP contribution in [0.2, 0.25) is 0 Å². The molecule has 0 aromatic carbocycles. The monoisotopic (exact) mass is 267 g/mol. The molecule has 8 heteroatoms. The third-order valence-electron chi connectivity index (χ3n) is 2.12. The standard InChI is InChI=1S/C9H21N3O4S/c1-11(2)7-4-6-10-17(15,16)12(3)8-5-9(13)14/h10H,4-8H2,1-3H3,(H,13,14). The van der Waals surface area contributed by atoms with Crippen molar-refractivity contribution in [3.8, 4) is 0 Å². The molecule has 2 N–H and O–H groups in total. The number of carboxylic acid groups (broad SMARTS) is 1. The molecule has 0 saturated carbocycles. The summed E-state index contributed by atoms with van der Waals surface area (Å²) in [5.74, 6) is -1.01. The molecule has 0 amide bonds. The van der Waals surface area contributed by atoms with Crippen LogP contribution < -0.4 is 4.72 Å². The third-order valence-corrected chi connectivity index (χ3v) is 3.69. The van der Waals surface area contributed by atoms with Gasteiger partial charge in [0, 0.05) is 20.1 Å². The van der Waals surface area contributed by atoms with Crippen molar-refractivity contribution in [1.82, 2.24) is 13.9 Å².